The first kappa shape index (κ1) is 17.3. The van der Waals surface area contributed by atoms with Crippen LogP contribution < -0.4 is 5.73 Å². The fraction of sp³-hybridized carbons (Fsp3) is 0.667. The van der Waals surface area contributed by atoms with Crippen LogP contribution >= 0.6 is 0 Å². The molecule has 132 valence electrons. The number of hydrogen-bond donors (Lipinski definition) is 1. The Morgan fingerprint density at radius 2 is 2.08 bits per heavy atom. The summed E-state index contributed by atoms with van der Waals surface area (Å²) < 4.78 is 5.47. The average molecular weight is 332 g/mol. The Morgan fingerprint density at radius 3 is 2.79 bits per heavy atom. The third kappa shape index (κ3) is 4.53. The molecule has 3 rings (SSSR count). The van der Waals surface area contributed by atoms with Gasteiger partial charge in [0.15, 0.2) is 0 Å². The predicted molar refractivity (Wildman–Crippen MR) is 92.3 cm³/mol. The van der Waals surface area contributed by atoms with Crippen LogP contribution in [0.2, 0.25) is 0 Å². The van der Waals surface area contributed by atoms with E-state index in [0.29, 0.717) is 12.6 Å². The lowest BCUT2D eigenvalue weighted by Gasteiger charge is -2.34. The second-order valence-corrected chi connectivity index (χ2v) is 6.94. The fourth-order valence-electron chi connectivity index (χ4n) is 3.73. The number of nitrogens with two attached hydrogens (primary N) is 1. The van der Waals surface area contributed by atoms with Crippen molar-refractivity contribution in [3.63, 3.8) is 0 Å². The minimum absolute atomic E-state index is 0.125. The maximum atomic E-state index is 11.9. The summed E-state index contributed by atoms with van der Waals surface area (Å²) in [5.74, 6) is -0.323. The predicted octanol–water partition coefficient (Wildman–Crippen LogP) is 0.788. The third-order valence-electron chi connectivity index (χ3n) is 5.08. The summed E-state index contributed by atoms with van der Waals surface area (Å²) in [6.07, 6.45) is 2.09. The molecule has 6 nitrogen and oxygen atoms in total. The molecule has 0 saturated carbocycles. The van der Waals surface area contributed by atoms with Crippen molar-refractivity contribution < 1.29 is 9.53 Å². The Morgan fingerprint density at radius 1 is 1.29 bits per heavy atom. The van der Waals surface area contributed by atoms with Crippen molar-refractivity contribution in [3.05, 3.63) is 29.6 Å². The van der Waals surface area contributed by atoms with E-state index in [4.69, 9.17) is 10.5 Å². The Hall–Kier alpha value is -1.50. The highest BCUT2D eigenvalue weighted by atomic mass is 16.5. The summed E-state index contributed by atoms with van der Waals surface area (Å²) in [6, 6.07) is 6.60. The lowest BCUT2D eigenvalue weighted by Crippen LogP contribution is -2.44. The van der Waals surface area contributed by atoms with Gasteiger partial charge in [0.05, 0.1) is 11.6 Å². The van der Waals surface area contributed by atoms with Gasteiger partial charge in [0.25, 0.3) is 0 Å². The number of aryl methyl sites for hydroxylation is 1. The van der Waals surface area contributed by atoms with E-state index in [9.17, 15) is 4.79 Å². The van der Waals surface area contributed by atoms with Gasteiger partial charge in [-0.05, 0) is 31.9 Å². The molecule has 0 aliphatic carbocycles. The minimum atomic E-state index is -0.198. The molecule has 2 saturated heterocycles. The van der Waals surface area contributed by atoms with Crippen LogP contribution in [0.1, 0.15) is 24.2 Å². The largest absolute Gasteiger partial charge is 0.381 e. The second kappa shape index (κ2) is 8.05. The molecule has 0 spiro atoms. The van der Waals surface area contributed by atoms with Gasteiger partial charge in [0.1, 0.15) is 0 Å². The van der Waals surface area contributed by atoms with Crippen molar-refractivity contribution in [2.24, 2.45) is 11.7 Å². The number of primary amides is 1. The molecule has 1 aromatic heterocycles. The van der Waals surface area contributed by atoms with E-state index in [2.05, 4.69) is 14.8 Å². The van der Waals surface area contributed by atoms with Gasteiger partial charge >= 0.3 is 0 Å². The maximum Gasteiger partial charge on any atom is 0.223 e. The van der Waals surface area contributed by atoms with E-state index in [0.717, 1.165) is 63.6 Å². The van der Waals surface area contributed by atoms with Crippen molar-refractivity contribution in [2.45, 2.75) is 32.4 Å². The Bertz CT molecular complexity index is 560. The monoisotopic (exact) mass is 332 g/mol. The van der Waals surface area contributed by atoms with Crippen molar-refractivity contribution in [1.82, 2.24) is 14.8 Å². The summed E-state index contributed by atoms with van der Waals surface area (Å²) in [7, 11) is 0. The van der Waals surface area contributed by atoms with Gasteiger partial charge in [0, 0.05) is 57.7 Å². The van der Waals surface area contributed by atoms with Crippen LogP contribution in [0, 0.1) is 12.8 Å². The summed E-state index contributed by atoms with van der Waals surface area (Å²) in [5.41, 5.74) is 7.75. The molecule has 2 aliphatic heterocycles. The number of ether oxygens (including phenoxy) is 1. The van der Waals surface area contributed by atoms with Gasteiger partial charge in [-0.25, -0.2) is 0 Å². The van der Waals surface area contributed by atoms with Crippen molar-refractivity contribution >= 4 is 5.91 Å². The van der Waals surface area contributed by atoms with E-state index in [-0.39, 0.29) is 11.8 Å². The van der Waals surface area contributed by atoms with Crippen LogP contribution in [0.15, 0.2) is 18.2 Å². The van der Waals surface area contributed by atoms with Crippen LogP contribution in [0.3, 0.4) is 0 Å². The third-order valence-corrected chi connectivity index (χ3v) is 5.08. The Kier molecular flexibility index (Phi) is 5.81. The molecule has 2 fully saturated rings. The van der Waals surface area contributed by atoms with E-state index in [1.54, 1.807) is 0 Å². The lowest BCUT2D eigenvalue weighted by atomic mass is 10.0. The maximum absolute atomic E-state index is 11.9. The normalized spacial score (nSPS) is 24.6. The van der Waals surface area contributed by atoms with E-state index >= 15 is 0 Å². The molecule has 1 atom stereocenters. The van der Waals surface area contributed by atoms with Gasteiger partial charge in [-0.3, -0.25) is 19.6 Å². The van der Waals surface area contributed by atoms with Gasteiger partial charge in [0.2, 0.25) is 5.91 Å². The zero-order valence-electron chi connectivity index (χ0n) is 14.5. The summed E-state index contributed by atoms with van der Waals surface area (Å²) in [6.45, 7) is 7.80. The molecule has 6 heteroatoms. The Balaban J connectivity index is 1.67. The zero-order chi connectivity index (χ0) is 16.9. The number of hydrogen-bond acceptors (Lipinski definition) is 5. The highest BCUT2D eigenvalue weighted by Crippen LogP contribution is 2.20. The fourth-order valence-corrected chi connectivity index (χ4v) is 3.73. The van der Waals surface area contributed by atoms with Crippen LogP contribution in [-0.4, -0.2) is 66.1 Å². The van der Waals surface area contributed by atoms with Crippen LogP contribution in [-0.2, 0) is 16.1 Å². The molecular weight excluding hydrogens is 304 g/mol. The number of carbonyl (C=O) groups is 1. The minimum Gasteiger partial charge on any atom is -0.381 e. The quantitative estimate of drug-likeness (QED) is 0.882. The number of pyridine rings is 1. The van der Waals surface area contributed by atoms with Crippen molar-refractivity contribution in [2.75, 3.05) is 39.4 Å². The first-order valence-corrected chi connectivity index (χ1v) is 8.88. The van der Waals surface area contributed by atoms with Gasteiger partial charge in [-0.15, -0.1) is 0 Å². The van der Waals surface area contributed by atoms with Gasteiger partial charge in [-0.2, -0.15) is 0 Å². The molecule has 0 aromatic carbocycles. The lowest BCUT2D eigenvalue weighted by molar-refractivity contribution is -0.122. The zero-order valence-corrected chi connectivity index (χ0v) is 14.5. The number of rotatable bonds is 4. The van der Waals surface area contributed by atoms with Crippen LogP contribution in [0.5, 0.6) is 0 Å². The average Bonchev–Trinajstić information content (AvgIpc) is 2.79. The highest BCUT2D eigenvalue weighted by Gasteiger charge is 2.31. The summed E-state index contributed by atoms with van der Waals surface area (Å²) in [4.78, 5) is 21.3. The SMILES string of the molecule is Cc1cccc(CN2CCN(C3CCOCC3)C[C@H](C(N)=O)C2)n1. The van der Waals surface area contributed by atoms with Gasteiger partial charge in [-0.1, -0.05) is 6.07 Å². The molecule has 1 aromatic rings. The molecule has 24 heavy (non-hydrogen) atoms. The standard InChI is InChI=1S/C18H28N4O2/c1-14-3-2-4-16(20-14)13-21-7-8-22(12-15(11-21)18(19)23)17-5-9-24-10-6-17/h2-4,15,17H,5-13H2,1H3,(H2,19,23)/t15-/m1/s1. The highest BCUT2D eigenvalue weighted by molar-refractivity contribution is 5.77. The summed E-state index contributed by atoms with van der Waals surface area (Å²) >= 11 is 0. The first-order chi connectivity index (χ1) is 11.6. The van der Waals surface area contributed by atoms with E-state index in [1.807, 2.05) is 25.1 Å². The van der Waals surface area contributed by atoms with Crippen LogP contribution in [0.25, 0.3) is 0 Å². The van der Waals surface area contributed by atoms with Crippen molar-refractivity contribution in [1.29, 1.82) is 0 Å². The molecule has 2 N–H and O–H groups in total. The van der Waals surface area contributed by atoms with Gasteiger partial charge < -0.3 is 10.5 Å². The van der Waals surface area contributed by atoms with E-state index in [1.165, 1.54) is 0 Å². The molecule has 3 heterocycles. The molecule has 2 aliphatic rings. The molecule has 0 bridgehead atoms. The van der Waals surface area contributed by atoms with E-state index < -0.39 is 0 Å². The molecule has 0 radical (unpaired) electrons. The Labute approximate surface area is 144 Å². The first-order valence-electron chi connectivity index (χ1n) is 8.88. The number of amides is 1. The van der Waals surface area contributed by atoms with Crippen molar-refractivity contribution in [3.8, 4) is 0 Å². The number of aromatic nitrogens is 1. The van der Waals surface area contributed by atoms with Crippen LogP contribution in [0.4, 0.5) is 0 Å². The second-order valence-electron chi connectivity index (χ2n) is 6.94. The molecular formula is C18H28N4O2. The number of carbonyl (C=O) groups excluding carboxylic acids is 1. The number of nitrogens with zero attached hydrogens (tertiary/aromatic N) is 3. The molecule has 1 amide bonds. The topological polar surface area (TPSA) is 71.7 Å². The summed E-state index contributed by atoms with van der Waals surface area (Å²) in [5, 5.41) is 0. The molecule has 0 unspecified atom stereocenters. The smallest absolute Gasteiger partial charge is 0.223 e.